The number of hydrogen-bond donors (Lipinski definition) is 2. The van der Waals surface area contributed by atoms with Gasteiger partial charge < -0.3 is 10.6 Å². The van der Waals surface area contributed by atoms with Crippen LogP contribution in [0.1, 0.15) is 26.2 Å². The summed E-state index contributed by atoms with van der Waals surface area (Å²) in [5.41, 5.74) is 1.48. The molecule has 1 aromatic rings. The van der Waals surface area contributed by atoms with E-state index < -0.39 is 0 Å². The smallest absolute Gasteiger partial charge is 0.241 e. The highest BCUT2D eigenvalue weighted by molar-refractivity contribution is 5.95. The van der Waals surface area contributed by atoms with Gasteiger partial charge in [0.2, 0.25) is 11.8 Å². The lowest BCUT2D eigenvalue weighted by molar-refractivity contribution is -0.121. The average Bonchev–Trinajstić information content (AvgIpc) is 2.41. The van der Waals surface area contributed by atoms with Crippen molar-refractivity contribution >= 4 is 23.2 Å². The summed E-state index contributed by atoms with van der Waals surface area (Å²) >= 11 is 0. The van der Waals surface area contributed by atoms with Crippen LogP contribution in [0.15, 0.2) is 24.3 Å². The molecule has 1 aromatic carbocycles. The molecule has 0 aromatic heterocycles. The van der Waals surface area contributed by atoms with Gasteiger partial charge in [0.1, 0.15) is 0 Å². The number of amides is 2. The van der Waals surface area contributed by atoms with Gasteiger partial charge in [0, 0.05) is 18.3 Å². The molecule has 1 aliphatic rings. The standard InChI is InChI=1S/C15H21N3O2/c1-11(19)16-12-6-8-13(9-7-12)17-15(20)14-5-3-4-10-18(14)2/h6-9,14H,3-5,10H2,1-2H3,(H,16,19)(H,17,20). The maximum absolute atomic E-state index is 12.2. The number of benzene rings is 1. The zero-order valence-electron chi connectivity index (χ0n) is 12.0. The predicted octanol–water partition coefficient (Wildman–Crippen LogP) is 2.07. The van der Waals surface area contributed by atoms with E-state index in [1.165, 1.54) is 6.92 Å². The van der Waals surface area contributed by atoms with Crippen molar-refractivity contribution in [1.29, 1.82) is 0 Å². The molecule has 5 nitrogen and oxygen atoms in total. The zero-order valence-corrected chi connectivity index (χ0v) is 12.0. The number of rotatable bonds is 3. The second-order valence-corrected chi connectivity index (χ2v) is 5.24. The normalized spacial score (nSPS) is 19.4. The van der Waals surface area contributed by atoms with E-state index in [1.54, 1.807) is 24.3 Å². The van der Waals surface area contributed by atoms with Crippen LogP contribution in [0.2, 0.25) is 0 Å². The summed E-state index contributed by atoms with van der Waals surface area (Å²) in [5, 5.41) is 5.63. The molecule has 2 amide bonds. The third kappa shape index (κ3) is 3.81. The fourth-order valence-electron chi connectivity index (χ4n) is 2.47. The Labute approximate surface area is 119 Å². The SMILES string of the molecule is CC(=O)Nc1ccc(NC(=O)C2CCCCN2C)cc1. The summed E-state index contributed by atoms with van der Waals surface area (Å²) < 4.78 is 0. The van der Waals surface area contributed by atoms with Crippen molar-refractivity contribution in [2.45, 2.75) is 32.2 Å². The Bertz CT molecular complexity index is 484. The minimum atomic E-state index is -0.106. The van der Waals surface area contributed by atoms with Gasteiger partial charge in [0.05, 0.1) is 6.04 Å². The van der Waals surface area contributed by atoms with Gasteiger partial charge >= 0.3 is 0 Å². The first kappa shape index (κ1) is 14.5. The molecule has 0 saturated carbocycles. The van der Waals surface area contributed by atoms with E-state index in [1.807, 2.05) is 7.05 Å². The number of hydrogen-bond acceptors (Lipinski definition) is 3. The number of nitrogens with one attached hydrogen (secondary N) is 2. The van der Waals surface area contributed by atoms with Gasteiger partial charge in [0.15, 0.2) is 0 Å². The summed E-state index contributed by atoms with van der Waals surface area (Å²) in [6.07, 6.45) is 3.17. The van der Waals surface area contributed by atoms with Crippen LogP contribution in [-0.2, 0) is 9.59 Å². The van der Waals surface area contributed by atoms with E-state index in [-0.39, 0.29) is 17.9 Å². The zero-order chi connectivity index (χ0) is 14.5. The summed E-state index contributed by atoms with van der Waals surface area (Å²) in [4.78, 5) is 25.3. The van der Waals surface area contributed by atoms with Crippen LogP contribution in [0.5, 0.6) is 0 Å². The first-order chi connectivity index (χ1) is 9.56. The van der Waals surface area contributed by atoms with Crippen LogP contribution in [0, 0.1) is 0 Å². The average molecular weight is 275 g/mol. The largest absolute Gasteiger partial charge is 0.326 e. The van der Waals surface area contributed by atoms with Gasteiger partial charge in [-0.3, -0.25) is 14.5 Å². The van der Waals surface area contributed by atoms with E-state index >= 15 is 0 Å². The molecule has 1 fully saturated rings. The summed E-state index contributed by atoms with van der Waals surface area (Å²) in [5.74, 6) is -0.0647. The van der Waals surface area contributed by atoms with Gasteiger partial charge in [-0.15, -0.1) is 0 Å². The van der Waals surface area contributed by atoms with Crippen molar-refractivity contribution < 1.29 is 9.59 Å². The Balaban J connectivity index is 1.95. The van der Waals surface area contributed by atoms with Gasteiger partial charge in [0.25, 0.3) is 0 Å². The second kappa shape index (κ2) is 6.52. The van der Waals surface area contributed by atoms with E-state index in [9.17, 15) is 9.59 Å². The van der Waals surface area contributed by atoms with Gasteiger partial charge in [-0.25, -0.2) is 0 Å². The van der Waals surface area contributed by atoms with Gasteiger partial charge in [-0.1, -0.05) is 6.42 Å². The van der Waals surface area contributed by atoms with Crippen molar-refractivity contribution in [3.8, 4) is 0 Å². The fraction of sp³-hybridized carbons (Fsp3) is 0.467. The maximum Gasteiger partial charge on any atom is 0.241 e. The van der Waals surface area contributed by atoms with Crippen molar-refractivity contribution in [1.82, 2.24) is 4.90 Å². The minimum Gasteiger partial charge on any atom is -0.326 e. The fourth-order valence-corrected chi connectivity index (χ4v) is 2.47. The first-order valence-electron chi connectivity index (χ1n) is 6.95. The van der Waals surface area contributed by atoms with E-state index in [0.29, 0.717) is 0 Å². The molecule has 2 rings (SSSR count). The highest BCUT2D eigenvalue weighted by Crippen LogP contribution is 2.18. The molecule has 1 aliphatic heterocycles. The molecule has 5 heteroatoms. The number of likely N-dealkylation sites (N-methyl/N-ethyl adjacent to an activating group) is 1. The van der Waals surface area contributed by atoms with Gasteiger partial charge in [-0.05, 0) is 50.7 Å². The van der Waals surface area contributed by atoms with Crippen LogP contribution >= 0.6 is 0 Å². The van der Waals surface area contributed by atoms with Crippen LogP contribution in [0.3, 0.4) is 0 Å². The number of carbonyl (C=O) groups excluding carboxylic acids is 2. The summed E-state index contributed by atoms with van der Waals surface area (Å²) in [6, 6.07) is 7.11. The Morgan fingerprint density at radius 3 is 2.25 bits per heavy atom. The first-order valence-corrected chi connectivity index (χ1v) is 6.95. The molecule has 1 unspecified atom stereocenters. The quantitative estimate of drug-likeness (QED) is 0.887. The van der Waals surface area contributed by atoms with Crippen LogP contribution in [0.4, 0.5) is 11.4 Å². The van der Waals surface area contributed by atoms with E-state index in [4.69, 9.17) is 0 Å². The molecule has 1 atom stereocenters. The number of piperidine rings is 1. The molecule has 20 heavy (non-hydrogen) atoms. The van der Waals surface area contributed by atoms with Gasteiger partial charge in [-0.2, -0.15) is 0 Å². The molecule has 1 saturated heterocycles. The molecule has 0 aliphatic carbocycles. The predicted molar refractivity (Wildman–Crippen MR) is 79.6 cm³/mol. The maximum atomic E-state index is 12.2. The number of anilines is 2. The molecule has 0 bridgehead atoms. The molecular formula is C15H21N3O2. The molecule has 0 radical (unpaired) electrons. The lowest BCUT2D eigenvalue weighted by Crippen LogP contribution is -2.44. The van der Waals surface area contributed by atoms with E-state index in [2.05, 4.69) is 15.5 Å². The van der Waals surface area contributed by atoms with Crippen LogP contribution in [-0.4, -0.2) is 36.3 Å². The third-order valence-corrected chi connectivity index (χ3v) is 3.55. The summed E-state index contributed by atoms with van der Waals surface area (Å²) in [6.45, 7) is 2.44. The topological polar surface area (TPSA) is 61.4 Å². The Kier molecular flexibility index (Phi) is 4.74. The third-order valence-electron chi connectivity index (χ3n) is 3.55. The molecule has 108 valence electrons. The lowest BCUT2D eigenvalue weighted by Gasteiger charge is -2.31. The second-order valence-electron chi connectivity index (χ2n) is 5.24. The summed E-state index contributed by atoms with van der Waals surface area (Å²) in [7, 11) is 1.99. The molecule has 1 heterocycles. The molecular weight excluding hydrogens is 254 g/mol. The Hall–Kier alpha value is -1.88. The van der Waals surface area contributed by atoms with Crippen molar-refractivity contribution in [2.75, 3.05) is 24.2 Å². The highest BCUT2D eigenvalue weighted by atomic mass is 16.2. The Morgan fingerprint density at radius 2 is 1.70 bits per heavy atom. The highest BCUT2D eigenvalue weighted by Gasteiger charge is 2.25. The van der Waals surface area contributed by atoms with Crippen molar-refractivity contribution in [3.05, 3.63) is 24.3 Å². The van der Waals surface area contributed by atoms with Crippen molar-refractivity contribution in [2.24, 2.45) is 0 Å². The molecule has 0 spiro atoms. The monoisotopic (exact) mass is 275 g/mol. The number of likely N-dealkylation sites (tertiary alicyclic amines) is 1. The minimum absolute atomic E-state index is 0.0412. The van der Waals surface area contributed by atoms with Crippen LogP contribution in [0.25, 0.3) is 0 Å². The lowest BCUT2D eigenvalue weighted by atomic mass is 10.0. The Morgan fingerprint density at radius 1 is 1.10 bits per heavy atom. The van der Waals surface area contributed by atoms with Crippen molar-refractivity contribution in [3.63, 3.8) is 0 Å². The number of carbonyl (C=O) groups is 2. The van der Waals surface area contributed by atoms with E-state index in [0.717, 1.165) is 37.2 Å². The molecule has 2 N–H and O–H groups in total. The van der Waals surface area contributed by atoms with Crippen LogP contribution < -0.4 is 10.6 Å². The number of nitrogens with zero attached hydrogens (tertiary/aromatic N) is 1.